The van der Waals surface area contributed by atoms with Crippen LogP contribution in [0.3, 0.4) is 0 Å². The third kappa shape index (κ3) is 4.94. The lowest BCUT2D eigenvalue weighted by Gasteiger charge is -2.21. The Kier molecular flexibility index (Phi) is 6.87. The molecule has 0 spiro atoms. The number of anilines is 4. The van der Waals surface area contributed by atoms with Gasteiger partial charge in [0.25, 0.3) is 0 Å². The molecule has 1 aromatic heterocycles. The molecular weight excluding hydrogens is 355 g/mol. The fourth-order valence-corrected chi connectivity index (χ4v) is 2.74. The Labute approximate surface area is 166 Å². The third-order valence-electron chi connectivity index (χ3n) is 4.28. The van der Waals surface area contributed by atoms with Gasteiger partial charge in [0.05, 0.1) is 0 Å². The number of hydrogen-bond donors (Lipinski definition) is 4. The van der Waals surface area contributed by atoms with Gasteiger partial charge in [0.1, 0.15) is 5.82 Å². The predicted octanol–water partition coefficient (Wildman–Crippen LogP) is 3.90. The lowest BCUT2D eigenvalue weighted by molar-refractivity contribution is 0.627. The lowest BCUT2D eigenvalue weighted by Crippen LogP contribution is -2.17. The molecule has 0 saturated carbocycles. The number of benzene rings is 1. The average molecular weight is 385 g/mol. The largest absolute Gasteiger partial charge is 0.399 e. The number of nitrogens with one attached hydrogen (secondary N) is 2. The van der Waals surface area contributed by atoms with Crippen molar-refractivity contribution < 1.29 is 4.39 Å². The van der Waals surface area contributed by atoms with Crippen LogP contribution in [0.25, 0.3) is 11.4 Å². The molecule has 6 N–H and O–H groups in total. The molecule has 150 valence electrons. The monoisotopic (exact) mass is 384 g/mol. The second-order valence-electron chi connectivity index (χ2n) is 6.79. The molecule has 2 rings (SSSR count). The summed E-state index contributed by atoms with van der Waals surface area (Å²) in [7, 11) is 3.95. The summed E-state index contributed by atoms with van der Waals surface area (Å²) in [6, 6.07) is 7.07. The van der Waals surface area contributed by atoms with E-state index in [2.05, 4.69) is 35.7 Å². The van der Waals surface area contributed by atoms with Crippen LogP contribution < -0.4 is 27.0 Å². The van der Waals surface area contributed by atoms with E-state index >= 15 is 0 Å². The molecule has 0 aliphatic rings. The zero-order chi connectivity index (χ0) is 20.8. The van der Waals surface area contributed by atoms with Gasteiger partial charge < -0.3 is 27.0 Å². The smallest absolute Gasteiger partial charge is 0.166 e. The molecule has 0 aliphatic heterocycles. The quantitative estimate of drug-likeness (QED) is 0.490. The highest BCUT2D eigenvalue weighted by Gasteiger charge is 2.14. The number of nitrogen functional groups attached to an aromatic ring is 1. The fourth-order valence-electron chi connectivity index (χ4n) is 2.74. The molecule has 0 amide bonds. The van der Waals surface area contributed by atoms with Gasteiger partial charge in [-0.2, -0.15) is 0 Å². The predicted molar refractivity (Wildman–Crippen MR) is 118 cm³/mol. The molecule has 0 unspecified atom stereocenters. The zero-order valence-electron chi connectivity index (χ0n) is 16.8. The van der Waals surface area contributed by atoms with Crippen molar-refractivity contribution in [3.63, 3.8) is 0 Å². The first-order valence-corrected chi connectivity index (χ1v) is 9.16. The van der Waals surface area contributed by atoms with E-state index in [1.54, 1.807) is 0 Å². The van der Waals surface area contributed by atoms with Crippen LogP contribution in [-0.4, -0.2) is 25.6 Å². The maximum atomic E-state index is 13.8. The second kappa shape index (κ2) is 9.12. The Balaban J connectivity index is 2.40. The van der Waals surface area contributed by atoms with Crippen molar-refractivity contribution in [3.05, 3.63) is 54.4 Å². The van der Waals surface area contributed by atoms with Crippen molar-refractivity contribution in [2.45, 2.75) is 19.8 Å². The van der Waals surface area contributed by atoms with Crippen molar-refractivity contribution in [3.8, 4) is 0 Å². The molecule has 7 heteroatoms. The molecular formula is C21H29FN6. The molecule has 6 nitrogen and oxygen atoms in total. The van der Waals surface area contributed by atoms with Crippen molar-refractivity contribution in [1.82, 2.24) is 10.3 Å². The molecule has 0 aliphatic carbocycles. The highest BCUT2D eigenvalue weighted by molar-refractivity contribution is 5.80. The maximum Gasteiger partial charge on any atom is 0.166 e. The van der Waals surface area contributed by atoms with Crippen molar-refractivity contribution in [2.24, 2.45) is 5.73 Å². The summed E-state index contributed by atoms with van der Waals surface area (Å²) >= 11 is 0. The van der Waals surface area contributed by atoms with E-state index in [4.69, 9.17) is 11.5 Å². The van der Waals surface area contributed by atoms with E-state index in [-0.39, 0.29) is 11.5 Å². The number of rotatable bonds is 9. The normalized spacial score (nSPS) is 10.4. The van der Waals surface area contributed by atoms with Crippen molar-refractivity contribution in [2.75, 3.05) is 36.6 Å². The van der Waals surface area contributed by atoms with Crippen molar-refractivity contribution >= 4 is 34.4 Å². The summed E-state index contributed by atoms with van der Waals surface area (Å²) < 4.78 is 13.8. The minimum Gasteiger partial charge on any atom is -0.399 e. The van der Waals surface area contributed by atoms with Crippen molar-refractivity contribution in [1.29, 1.82) is 0 Å². The van der Waals surface area contributed by atoms with E-state index in [1.165, 1.54) is 6.07 Å². The molecule has 2 aromatic rings. The van der Waals surface area contributed by atoms with Crippen LogP contribution in [-0.2, 0) is 0 Å². The van der Waals surface area contributed by atoms with Gasteiger partial charge in [-0.25, -0.2) is 9.37 Å². The zero-order valence-corrected chi connectivity index (χ0v) is 16.8. The Hall–Kier alpha value is -3.22. The first-order chi connectivity index (χ1) is 13.2. The van der Waals surface area contributed by atoms with Crippen LogP contribution in [0, 0.1) is 5.82 Å². The van der Waals surface area contributed by atoms with Crippen LogP contribution >= 0.6 is 0 Å². The first kappa shape index (κ1) is 21.1. The van der Waals surface area contributed by atoms with Gasteiger partial charge in [-0.1, -0.05) is 26.5 Å². The van der Waals surface area contributed by atoms with Crippen LogP contribution in [0.4, 0.5) is 27.4 Å². The van der Waals surface area contributed by atoms with E-state index in [1.807, 2.05) is 37.2 Å². The number of halogens is 1. The highest BCUT2D eigenvalue weighted by atomic mass is 19.1. The van der Waals surface area contributed by atoms with Gasteiger partial charge in [0, 0.05) is 54.5 Å². The summed E-state index contributed by atoms with van der Waals surface area (Å²) in [6.45, 7) is 10.9. The number of hydrogen-bond acceptors (Lipinski definition) is 6. The van der Waals surface area contributed by atoms with Crippen LogP contribution in [0.5, 0.6) is 0 Å². The second-order valence-corrected chi connectivity index (χ2v) is 6.79. The highest BCUT2D eigenvalue weighted by Crippen LogP contribution is 2.30. The lowest BCUT2D eigenvalue weighted by atomic mass is 10.1. The summed E-state index contributed by atoms with van der Waals surface area (Å²) in [6.07, 6.45) is 2.17. The van der Waals surface area contributed by atoms with E-state index in [0.29, 0.717) is 11.4 Å². The Morgan fingerprint density at radius 3 is 2.54 bits per heavy atom. The number of unbranched alkanes of at least 4 members (excludes halogenated alkanes) is 1. The van der Waals surface area contributed by atoms with Gasteiger partial charge in [0.2, 0.25) is 0 Å². The van der Waals surface area contributed by atoms with E-state index in [9.17, 15) is 4.39 Å². The van der Waals surface area contributed by atoms with Gasteiger partial charge in [-0.3, -0.25) is 0 Å². The minimum atomic E-state index is -0.635. The summed E-state index contributed by atoms with van der Waals surface area (Å²) in [5, 5.41) is 6.53. The molecule has 1 heterocycles. The van der Waals surface area contributed by atoms with Gasteiger partial charge in [-0.15, -0.1) is 0 Å². The molecule has 0 radical (unpaired) electrons. The first-order valence-electron chi connectivity index (χ1n) is 9.16. The molecule has 0 atom stereocenters. The van der Waals surface area contributed by atoms with Crippen LogP contribution in [0.2, 0.25) is 0 Å². The topological polar surface area (TPSA) is 92.2 Å². The SMILES string of the molecule is C=C(NCCCC)c1cc(Nc2nc(N)c(F)cc2C(=C)N)ccc1N(C)C. The van der Waals surface area contributed by atoms with Crippen LogP contribution in [0.1, 0.15) is 30.9 Å². The van der Waals surface area contributed by atoms with Gasteiger partial charge in [0.15, 0.2) is 11.6 Å². The number of aromatic nitrogens is 1. The van der Waals surface area contributed by atoms with Gasteiger partial charge in [-0.05, 0) is 30.7 Å². The maximum absolute atomic E-state index is 13.8. The molecule has 0 saturated heterocycles. The Bertz CT molecular complexity index is 875. The average Bonchev–Trinajstić information content (AvgIpc) is 2.64. The van der Waals surface area contributed by atoms with E-state index < -0.39 is 5.82 Å². The number of nitrogens with two attached hydrogens (primary N) is 2. The summed E-state index contributed by atoms with van der Waals surface area (Å²) in [5.41, 5.74) is 15.5. The summed E-state index contributed by atoms with van der Waals surface area (Å²) in [4.78, 5) is 6.11. The Morgan fingerprint density at radius 2 is 1.93 bits per heavy atom. The molecule has 0 fully saturated rings. The number of pyridine rings is 1. The molecule has 0 bridgehead atoms. The molecule has 28 heavy (non-hydrogen) atoms. The summed E-state index contributed by atoms with van der Waals surface area (Å²) in [5.74, 6) is -0.493. The van der Waals surface area contributed by atoms with Crippen LogP contribution in [0.15, 0.2) is 37.4 Å². The van der Waals surface area contributed by atoms with Gasteiger partial charge >= 0.3 is 0 Å². The standard InChI is InChI=1S/C21H29FN6/c1-6-7-10-25-14(3)17-11-15(8-9-19(17)28(4)5)26-21-16(13(2)23)12-18(22)20(24)27-21/h8-9,11-12,25H,2-3,6-7,10,23H2,1,4-5H3,(H3,24,26,27). The molecule has 1 aromatic carbocycles. The number of nitrogens with zero attached hydrogens (tertiary/aromatic N) is 2. The third-order valence-corrected chi connectivity index (χ3v) is 4.28. The van der Waals surface area contributed by atoms with E-state index in [0.717, 1.165) is 42.0 Å². The minimum absolute atomic E-state index is 0.199. The fraction of sp³-hybridized carbons (Fsp3) is 0.286. The Morgan fingerprint density at radius 1 is 1.21 bits per heavy atom.